The Morgan fingerprint density at radius 3 is 0.696 bits per heavy atom. The summed E-state index contributed by atoms with van der Waals surface area (Å²) in [6.45, 7) is 9.72. The zero-order valence-corrected chi connectivity index (χ0v) is 68.7. The average Bonchev–Trinajstić information content (AvgIpc) is 0.919. The Kier molecular flexibility index (Phi) is 73.1. The molecule has 0 aromatic heterocycles. The molecule has 0 aliphatic heterocycles. The quantitative estimate of drug-likeness (QED) is 0.0222. The lowest BCUT2D eigenvalue weighted by Crippen LogP contribution is -2.30. The first-order chi connectivity index (χ1) is 49.4. The molecule has 7 atom stereocenters. The molecule has 19 heteroatoms. The molecule has 0 heterocycles. The van der Waals surface area contributed by atoms with E-state index in [1.807, 2.05) is 0 Å². The van der Waals surface area contributed by atoms with E-state index in [9.17, 15) is 43.2 Å². The summed E-state index contributed by atoms with van der Waals surface area (Å²) in [5.74, 6) is -0.433. The molecule has 3 N–H and O–H groups in total. The van der Waals surface area contributed by atoms with Gasteiger partial charge in [-0.15, -0.1) is 0 Å². The highest BCUT2D eigenvalue weighted by Gasteiger charge is 2.30. The number of aliphatic hydroxyl groups excluding tert-OH is 1. The molecule has 0 aliphatic rings. The van der Waals surface area contributed by atoms with Crippen LogP contribution in [0.15, 0.2) is 0 Å². The molecule has 0 bridgehead atoms. The Labute approximate surface area is 626 Å². The van der Waals surface area contributed by atoms with Gasteiger partial charge < -0.3 is 33.8 Å². The Hall–Kier alpha value is -1.94. The number of hydrogen-bond acceptors (Lipinski definition) is 15. The van der Waals surface area contributed by atoms with Crippen LogP contribution in [0.25, 0.3) is 0 Å². The SMILES string of the molecule is CCCCCCCCCCCCCCCCCCCC(=O)OC[C@H](COP(=O)(O)OC[C@@H](O)COP(=O)(O)OC[C@@H](COC(=O)CCCCCCCCCCC)OC(=O)CCCCCCCCCCCCC(C)CC)OC(=O)CCCCCCCCCCCCCCCCCCCCC(C)CC. The summed E-state index contributed by atoms with van der Waals surface area (Å²) in [4.78, 5) is 73.0. The van der Waals surface area contributed by atoms with Crippen molar-refractivity contribution >= 4 is 39.5 Å². The molecule has 0 amide bonds. The molecule has 0 spiro atoms. The summed E-state index contributed by atoms with van der Waals surface area (Å²) >= 11 is 0. The van der Waals surface area contributed by atoms with E-state index in [1.165, 1.54) is 257 Å². The van der Waals surface area contributed by atoms with Crippen molar-refractivity contribution < 1.29 is 80.2 Å². The number of hydrogen-bond donors (Lipinski definition) is 3. The van der Waals surface area contributed by atoms with Crippen LogP contribution < -0.4 is 0 Å². The van der Waals surface area contributed by atoms with Crippen molar-refractivity contribution in [2.75, 3.05) is 39.6 Å². The number of carbonyl (C=O) groups excluding carboxylic acids is 4. The molecule has 0 aromatic carbocycles. The van der Waals surface area contributed by atoms with E-state index < -0.39 is 97.5 Å². The van der Waals surface area contributed by atoms with Crippen molar-refractivity contribution in [1.82, 2.24) is 0 Å². The van der Waals surface area contributed by atoms with E-state index in [0.29, 0.717) is 25.7 Å². The smallest absolute Gasteiger partial charge is 0.462 e. The number of unbranched alkanes of at least 4 members (excludes halogenated alkanes) is 50. The predicted octanol–water partition coefficient (Wildman–Crippen LogP) is 25.1. The Bertz CT molecular complexity index is 1960. The number of phosphoric ester groups is 2. The van der Waals surface area contributed by atoms with Gasteiger partial charge in [0.2, 0.25) is 0 Å². The van der Waals surface area contributed by atoms with Crippen molar-refractivity contribution in [3.8, 4) is 0 Å². The summed E-state index contributed by atoms with van der Waals surface area (Å²) in [7, 11) is -9.92. The first-order valence-corrected chi connectivity index (χ1v) is 46.1. The minimum absolute atomic E-state index is 0.107. The third kappa shape index (κ3) is 73.6. The maximum atomic E-state index is 13.1. The van der Waals surface area contributed by atoms with Gasteiger partial charge in [-0.2, -0.15) is 0 Å². The summed E-state index contributed by atoms with van der Waals surface area (Å²) in [6.07, 6.45) is 65.2. The third-order valence-corrected chi connectivity index (χ3v) is 22.1. The van der Waals surface area contributed by atoms with Gasteiger partial charge >= 0.3 is 39.5 Å². The Balaban J connectivity index is 5.21. The fraction of sp³-hybridized carbons (Fsp3) is 0.952. The van der Waals surface area contributed by atoms with Crippen LogP contribution in [0.5, 0.6) is 0 Å². The number of phosphoric acid groups is 2. The van der Waals surface area contributed by atoms with Crippen molar-refractivity contribution in [2.24, 2.45) is 11.8 Å². The van der Waals surface area contributed by atoms with Gasteiger partial charge in [-0.05, 0) is 37.5 Å². The van der Waals surface area contributed by atoms with Crippen LogP contribution in [0.4, 0.5) is 0 Å². The third-order valence-electron chi connectivity index (χ3n) is 20.2. The van der Waals surface area contributed by atoms with Crippen LogP contribution >= 0.6 is 15.6 Å². The Morgan fingerprint density at radius 1 is 0.275 bits per heavy atom. The topological polar surface area (TPSA) is 237 Å². The summed E-state index contributed by atoms with van der Waals surface area (Å²) in [6, 6.07) is 0. The number of ether oxygens (including phenoxy) is 4. The lowest BCUT2D eigenvalue weighted by Gasteiger charge is -2.21. The standard InChI is InChI=1S/C83H162O17P2/c1-7-11-13-15-17-19-20-21-22-25-29-32-35-42-48-54-60-66-81(86)94-72-79(99-82(87)67-61-55-49-43-36-33-30-27-24-23-26-28-31-34-40-45-51-57-63-75(5)9-3)74-98-102(91,92)96-70-77(84)69-95-101(89,90)97-73-78(71-93-80(85)65-59-53-47-39-18-16-14-12-8-2)100-83(88)68-62-56-50-44-38-37-41-46-52-58-64-76(6)10-4/h75-79,84H,7-74H2,1-6H3,(H,89,90)(H,91,92)/t75?,76?,77-,78+,79+/m0/s1. The van der Waals surface area contributed by atoms with E-state index in [0.717, 1.165) is 102 Å². The molecule has 4 unspecified atom stereocenters. The maximum absolute atomic E-state index is 13.1. The highest BCUT2D eigenvalue weighted by molar-refractivity contribution is 7.47. The molecule has 0 saturated carbocycles. The second-order valence-electron chi connectivity index (χ2n) is 30.4. The van der Waals surface area contributed by atoms with E-state index in [1.54, 1.807) is 0 Å². The molecule has 102 heavy (non-hydrogen) atoms. The van der Waals surface area contributed by atoms with E-state index in [4.69, 9.17) is 37.0 Å². The van der Waals surface area contributed by atoms with Crippen molar-refractivity contribution in [3.05, 3.63) is 0 Å². The molecule has 0 saturated heterocycles. The summed E-state index contributed by atoms with van der Waals surface area (Å²) in [5, 5.41) is 10.6. The molecule has 0 aromatic rings. The molecule has 0 rings (SSSR count). The minimum Gasteiger partial charge on any atom is -0.462 e. The van der Waals surface area contributed by atoms with Gasteiger partial charge in [0.25, 0.3) is 0 Å². The number of aliphatic hydroxyl groups is 1. The second kappa shape index (κ2) is 74.5. The molecule has 17 nitrogen and oxygen atoms in total. The van der Waals surface area contributed by atoms with E-state index >= 15 is 0 Å². The molecule has 0 fully saturated rings. The minimum atomic E-state index is -4.96. The lowest BCUT2D eigenvalue weighted by molar-refractivity contribution is -0.161. The van der Waals surface area contributed by atoms with Crippen LogP contribution in [-0.2, 0) is 65.4 Å². The summed E-state index contributed by atoms with van der Waals surface area (Å²) in [5.41, 5.74) is 0. The number of carbonyl (C=O) groups is 4. The van der Waals surface area contributed by atoms with Gasteiger partial charge in [0, 0.05) is 25.7 Å². The van der Waals surface area contributed by atoms with Gasteiger partial charge in [0.05, 0.1) is 26.4 Å². The molecule has 0 aliphatic carbocycles. The van der Waals surface area contributed by atoms with Crippen LogP contribution in [0.2, 0.25) is 0 Å². The highest BCUT2D eigenvalue weighted by atomic mass is 31.2. The first kappa shape index (κ1) is 100. The van der Waals surface area contributed by atoms with Crippen LogP contribution in [0, 0.1) is 11.8 Å². The van der Waals surface area contributed by atoms with Crippen LogP contribution in [0.1, 0.15) is 440 Å². The predicted molar refractivity (Wildman–Crippen MR) is 418 cm³/mol. The fourth-order valence-electron chi connectivity index (χ4n) is 12.8. The van der Waals surface area contributed by atoms with Gasteiger partial charge in [-0.25, -0.2) is 9.13 Å². The number of rotatable bonds is 82. The normalized spacial score (nSPS) is 14.4. The lowest BCUT2D eigenvalue weighted by atomic mass is 9.99. The number of esters is 4. The largest absolute Gasteiger partial charge is 0.472 e. The molecule has 0 radical (unpaired) electrons. The zero-order valence-electron chi connectivity index (χ0n) is 66.9. The zero-order chi connectivity index (χ0) is 74.9. The Morgan fingerprint density at radius 2 is 0.471 bits per heavy atom. The van der Waals surface area contributed by atoms with Crippen molar-refractivity contribution in [1.29, 1.82) is 0 Å². The molecule has 606 valence electrons. The second-order valence-corrected chi connectivity index (χ2v) is 33.3. The van der Waals surface area contributed by atoms with E-state index in [2.05, 4.69) is 41.5 Å². The summed E-state index contributed by atoms with van der Waals surface area (Å²) < 4.78 is 68.7. The van der Waals surface area contributed by atoms with Crippen molar-refractivity contribution in [3.63, 3.8) is 0 Å². The van der Waals surface area contributed by atoms with Crippen LogP contribution in [-0.4, -0.2) is 96.7 Å². The van der Waals surface area contributed by atoms with Gasteiger partial charge in [0.1, 0.15) is 19.3 Å². The monoisotopic (exact) mass is 1490 g/mol. The average molecular weight is 1490 g/mol. The van der Waals surface area contributed by atoms with Gasteiger partial charge in [-0.3, -0.25) is 37.3 Å². The van der Waals surface area contributed by atoms with E-state index in [-0.39, 0.29) is 25.7 Å². The molecular weight excluding hydrogens is 1330 g/mol. The van der Waals surface area contributed by atoms with Crippen molar-refractivity contribution in [2.45, 2.75) is 458 Å². The van der Waals surface area contributed by atoms with Crippen LogP contribution in [0.3, 0.4) is 0 Å². The molecular formula is C83H162O17P2. The van der Waals surface area contributed by atoms with Gasteiger partial charge in [0.15, 0.2) is 12.2 Å². The first-order valence-electron chi connectivity index (χ1n) is 43.1. The fourth-order valence-corrected chi connectivity index (χ4v) is 14.4. The highest BCUT2D eigenvalue weighted by Crippen LogP contribution is 2.45. The maximum Gasteiger partial charge on any atom is 0.472 e. The van der Waals surface area contributed by atoms with Gasteiger partial charge in [-0.1, -0.05) is 388 Å².